The largest absolute Gasteiger partial charge is 0.393 e. The molecule has 2 N–H and O–H groups in total. The molecule has 3 aromatic rings. The molecule has 1 aromatic carbocycles. The molecule has 2 heterocycles. The van der Waals surface area contributed by atoms with Crippen LogP contribution in [0.4, 0.5) is 5.69 Å². The van der Waals surface area contributed by atoms with Gasteiger partial charge in [-0.3, -0.25) is 14.8 Å². The normalized spacial score (nSPS) is 29.2. The maximum atomic E-state index is 13.0. The van der Waals surface area contributed by atoms with Crippen molar-refractivity contribution >= 4 is 22.5 Å². The zero-order chi connectivity index (χ0) is 28.8. The number of benzene rings is 1. The third-order valence-electron chi connectivity index (χ3n) is 11.3. The Kier molecular flexibility index (Phi) is 7.56. The van der Waals surface area contributed by atoms with Crippen LogP contribution < -0.4 is 5.32 Å². The standard InChI is InChI=1S/C35H46N4O2/c1-23-8-11-29-28(10-13-31-34(2,3)32(40)14-16-35(29,31)4)27(23)6-5-7-33(41)38-25-9-12-30-24(20-25)15-19-39(30)22-26-21-36-17-18-37-26/h9,12,15,17-21,28-29,31-32,40H,5-8,10-11,13-14,16,22H2,1-4H3,(H,38,41)/t28?,29?,31?,32-,35+/m0/s1. The first-order valence-electron chi connectivity index (χ1n) is 15.7. The van der Waals surface area contributed by atoms with Crippen molar-refractivity contribution < 1.29 is 9.90 Å². The summed E-state index contributed by atoms with van der Waals surface area (Å²) in [5, 5.41) is 15.1. The molecule has 0 saturated heterocycles. The molecular formula is C35H46N4O2. The Balaban J connectivity index is 1.06. The smallest absolute Gasteiger partial charge is 0.224 e. The van der Waals surface area contributed by atoms with Gasteiger partial charge in [-0.2, -0.15) is 0 Å². The summed E-state index contributed by atoms with van der Waals surface area (Å²) in [6.07, 6.45) is 16.5. The molecule has 5 atom stereocenters. The highest BCUT2D eigenvalue weighted by Crippen LogP contribution is 2.64. The monoisotopic (exact) mass is 554 g/mol. The van der Waals surface area contributed by atoms with Crippen LogP contribution in [-0.2, 0) is 11.3 Å². The molecule has 3 aliphatic rings. The highest BCUT2D eigenvalue weighted by molar-refractivity contribution is 5.93. The molecule has 0 bridgehead atoms. The van der Waals surface area contributed by atoms with Gasteiger partial charge < -0.3 is 15.0 Å². The average molecular weight is 555 g/mol. The second kappa shape index (κ2) is 11.0. The zero-order valence-corrected chi connectivity index (χ0v) is 25.2. The maximum absolute atomic E-state index is 13.0. The quantitative estimate of drug-likeness (QED) is 0.296. The van der Waals surface area contributed by atoms with Gasteiger partial charge in [0.15, 0.2) is 0 Å². The van der Waals surface area contributed by atoms with E-state index in [0.29, 0.717) is 36.1 Å². The number of carbonyl (C=O) groups excluding carboxylic acids is 1. The number of carbonyl (C=O) groups is 1. The van der Waals surface area contributed by atoms with E-state index in [2.05, 4.69) is 71.9 Å². The van der Waals surface area contributed by atoms with Crippen LogP contribution >= 0.6 is 0 Å². The van der Waals surface area contributed by atoms with Crippen molar-refractivity contribution in [3.8, 4) is 0 Å². The van der Waals surface area contributed by atoms with Crippen LogP contribution in [0, 0.1) is 28.6 Å². The van der Waals surface area contributed by atoms with Crippen LogP contribution in [0.15, 0.2) is 60.2 Å². The van der Waals surface area contributed by atoms with Crippen molar-refractivity contribution in [2.45, 2.75) is 98.1 Å². The molecule has 2 aromatic heterocycles. The molecule has 0 radical (unpaired) electrons. The zero-order valence-electron chi connectivity index (χ0n) is 25.2. The number of anilines is 1. The highest BCUT2D eigenvalue weighted by atomic mass is 16.3. The molecule has 2 fully saturated rings. The molecule has 2 saturated carbocycles. The van der Waals surface area contributed by atoms with Crippen LogP contribution in [-0.4, -0.2) is 31.7 Å². The number of aliphatic hydroxyl groups is 1. The molecule has 3 aliphatic carbocycles. The van der Waals surface area contributed by atoms with Gasteiger partial charge in [-0.05, 0) is 111 Å². The fourth-order valence-electron chi connectivity index (χ4n) is 9.09. The lowest BCUT2D eigenvalue weighted by Crippen LogP contribution is -2.56. The van der Waals surface area contributed by atoms with Crippen molar-refractivity contribution in [3.05, 3.63) is 65.9 Å². The van der Waals surface area contributed by atoms with Gasteiger partial charge in [0, 0.05) is 41.6 Å². The fraction of sp³-hybridized carbons (Fsp3) is 0.571. The Hall–Kier alpha value is -2.99. The van der Waals surface area contributed by atoms with Gasteiger partial charge in [-0.1, -0.05) is 31.9 Å². The number of aliphatic hydroxyl groups excluding tert-OH is 1. The van der Waals surface area contributed by atoms with Gasteiger partial charge in [0.2, 0.25) is 5.91 Å². The number of rotatable bonds is 7. The van der Waals surface area contributed by atoms with Crippen molar-refractivity contribution in [1.29, 1.82) is 0 Å². The summed E-state index contributed by atoms with van der Waals surface area (Å²) in [6.45, 7) is 10.1. The van der Waals surface area contributed by atoms with Crippen molar-refractivity contribution in [1.82, 2.24) is 14.5 Å². The molecular weight excluding hydrogens is 508 g/mol. The van der Waals surface area contributed by atoms with E-state index in [4.69, 9.17) is 0 Å². The first kappa shape index (κ1) is 28.1. The second-order valence-electron chi connectivity index (χ2n) is 13.9. The second-order valence-corrected chi connectivity index (χ2v) is 13.9. The Morgan fingerprint density at radius 2 is 1.98 bits per heavy atom. The summed E-state index contributed by atoms with van der Waals surface area (Å²) in [5.41, 5.74) is 6.39. The Morgan fingerprint density at radius 1 is 1.12 bits per heavy atom. The Morgan fingerprint density at radius 3 is 2.78 bits per heavy atom. The van der Waals surface area contributed by atoms with E-state index in [1.807, 2.05) is 6.07 Å². The minimum Gasteiger partial charge on any atom is -0.393 e. The van der Waals surface area contributed by atoms with E-state index in [-0.39, 0.29) is 17.4 Å². The fourth-order valence-corrected chi connectivity index (χ4v) is 9.09. The average Bonchev–Trinajstić information content (AvgIpc) is 3.34. The van der Waals surface area contributed by atoms with Crippen LogP contribution in [0.3, 0.4) is 0 Å². The van der Waals surface area contributed by atoms with Gasteiger partial charge in [0.1, 0.15) is 0 Å². The first-order valence-corrected chi connectivity index (χ1v) is 15.7. The van der Waals surface area contributed by atoms with E-state index in [1.165, 1.54) is 25.7 Å². The molecule has 6 heteroatoms. The summed E-state index contributed by atoms with van der Waals surface area (Å²) in [7, 11) is 0. The van der Waals surface area contributed by atoms with E-state index in [9.17, 15) is 9.90 Å². The molecule has 6 nitrogen and oxygen atoms in total. The summed E-state index contributed by atoms with van der Waals surface area (Å²) in [4.78, 5) is 21.5. The summed E-state index contributed by atoms with van der Waals surface area (Å²) in [5.74, 6) is 2.03. The van der Waals surface area contributed by atoms with E-state index in [0.717, 1.165) is 48.0 Å². The predicted molar refractivity (Wildman–Crippen MR) is 164 cm³/mol. The van der Waals surface area contributed by atoms with Gasteiger partial charge >= 0.3 is 0 Å². The third kappa shape index (κ3) is 5.24. The van der Waals surface area contributed by atoms with E-state index >= 15 is 0 Å². The number of hydrogen-bond donors (Lipinski definition) is 2. The SMILES string of the molecule is CC1=C(CCCC(=O)Nc2ccc3c(ccn3Cc3cnccn3)c2)C2CCC3C(C)(C)[C@@H](O)CC[C@]3(C)C2CC1. The van der Waals surface area contributed by atoms with Crippen LogP contribution in [0.5, 0.6) is 0 Å². The van der Waals surface area contributed by atoms with E-state index in [1.54, 1.807) is 29.7 Å². The summed E-state index contributed by atoms with van der Waals surface area (Å²) >= 11 is 0. The molecule has 1 amide bonds. The first-order chi connectivity index (χ1) is 19.7. The number of nitrogens with zero attached hydrogens (tertiary/aromatic N) is 3. The van der Waals surface area contributed by atoms with E-state index < -0.39 is 0 Å². The van der Waals surface area contributed by atoms with Gasteiger partial charge in [0.05, 0.1) is 24.5 Å². The number of nitrogens with one attached hydrogen (secondary N) is 1. The van der Waals surface area contributed by atoms with Crippen LogP contribution in [0.1, 0.15) is 91.2 Å². The number of aromatic nitrogens is 3. The Bertz CT molecular complexity index is 1440. The molecule has 0 aliphatic heterocycles. The number of hydrogen-bond acceptors (Lipinski definition) is 4. The van der Waals surface area contributed by atoms with Gasteiger partial charge in [0.25, 0.3) is 0 Å². The van der Waals surface area contributed by atoms with Crippen LogP contribution in [0.2, 0.25) is 0 Å². The summed E-state index contributed by atoms with van der Waals surface area (Å²) < 4.78 is 2.16. The molecule has 6 rings (SSSR count). The van der Waals surface area contributed by atoms with Crippen molar-refractivity contribution in [3.63, 3.8) is 0 Å². The minimum atomic E-state index is -0.180. The maximum Gasteiger partial charge on any atom is 0.224 e. The predicted octanol–water partition coefficient (Wildman–Crippen LogP) is 7.53. The third-order valence-corrected chi connectivity index (χ3v) is 11.3. The topological polar surface area (TPSA) is 80.0 Å². The Labute approximate surface area is 244 Å². The summed E-state index contributed by atoms with van der Waals surface area (Å²) in [6, 6.07) is 8.20. The van der Waals surface area contributed by atoms with Crippen LogP contribution in [0.25, 0.3) is 10.9 Å². The lowest BCUT2D eigenvalue weighted by atomic mass is 9.43. The lowest BCUT2D eigenvalue weighted by molar-refractivity contribution is -0.149. The van der Waals surface area contributed by atoms with Gasteiger partial charge in [-0.15, -0.1) is 0 Å². The van der Waals surface area contributed by atoms with Gasteiger partial charge in [-0.25, -0.2) is 0 Å². The minimum absolute atomic E-state index is 0.00531. The molecule has 3 unspecified atom stereocenters. The van der Waals surface area contributed by atoms with Crippen molar-refractivity contribution in [2.24, 2.45) is 28.6 Å². The number of fused-ring (bicyclic) bond motifs is 4. The molecule has 41 heavy (non-hydrogen) atoms. The van der Waals surface area contributed by atoms with Crippen molar-refractivity contribution in [2.75, 3.05) is 5.32 Å². The molecule has 0 spiro atoms. The molecule has 218 valence electrons. The number of allylic oxidation sites excluding steroid dienone is 2. The number of amides is 1. The lowest BCUT2D eigenvalue weighted by Gasteiger charge is -2.62. The highest BCUT2D eigenvalue weighted by Gasteiger charge is 2.58.